The first-order chi connectivity index (χ1) is 9.72. The van der Waals surface area contributed by atoms with E-state index < -0.39 is 29.3 Å². The largest absolute Gasteiger partial charge is 0.490 e. The van der Waals surface area contributed by atoms with E-state index in [0.717, 1.165) is 6.07 Å². The predicted octanol–water partition coefficient (Wildman–Crippen LogP) is 2.21. The van der Waals surface area contributed by atoms with Crippen LogP contribution in [-0.4, -0.2) is 17.6 Å². The van der Waals surface area contributed by atoms with Crippen molar-refractivity contribution in [3.8, 4) is 5.75 Å². The number of benzene rings is 1. The highest BCUT2D eigenvalue weighted by Crippen LogP contribution is 2.38. The smallest absolute Gasteiger partial charge is 0.419 e. The molecule has 1 aromatic rings. The highest BCUT2D eigenvalue weighted by molar-refractivity contribution is 5.84. The van der Waals surface area contributed by atoms with Crippen LogP contribution in [0.25, 0.3) is 0 Å². The molecule has 2 rings (SSSR count). The summed E-state index contributed by atoms with van der Waals surface area (Å²) >= 11 is 0. The molecule has 0 aromatic heterocycles. The molecule has 21 heavy (non-hydrogen) atoms. The van der Waals surface area contributed by atoms with Crippen LogP contribution < -0.4 is 16.2 Å². The third kappa shape index (κ3) is 3.47. The fourth-order valence-corrected chi connectivity index (χ4v) is 2.56. The molecule has 1 aromatic carbocycles. The van der Waals surface area contributed by atoms with E-state index in [1.165, 1.54) is 18.2 Å². The molecule has 0 saturated heterocycles. The molecule has 2 atom stereocenters. The van der Waals surface area contributed by atoms with Gasteiger partial charge in [0.2, 0.25) is 5.91 Å². The molecule has 0 bridgehead atoms. The van der Waals surface area contributed by atoms with Crippen LogP contribution in [0.3, 0.4) is 0 Å². The van der Waals surface area contributed by atoms with Crippen LogP contribution in [0, 0.1) is 0 Å². The fourth-order valence-electron chi connectivity index (χ4n) is 2.56. The Morgan fingerprint density at radius 2 is 2.00 bits per heavy atom. The average molecular weight is 302 g/mol. The second-order valence-corrected chi connectivity index (χ2v) is 5.35. The van der Waals surface area contributed by atoms with Gasteiger partial charge in [-0.25, -0.2) is 0 Å². The maximum atomic E-state index is 12.9. The summed E-state index contributed by atoms with van der Waals surface area (Å²) in [7, 11) is 0. The van der Waals surface area contributed by atoms with Crippen LogP contribution in [0.15, 0.2) is 24.3 Å². The number of ether oxygens (including phenoxy) is 1. The lowest BCUT2D eigenvalue weighted by Crippen LogP contribution is -2.56. The lowest BCUT2D eigenvalue weighted by molar-refractivity contribution is -0.139. The van der Waals surface area contributed by atoms with E-state index in [2.05, 4.69) is 0 Å². The van der Waals surface area contributed by atoms with Gasteiger partial charge in [-0.05, 0) is 31.4 Å². The van der Waals surface area contributed by atoms with Crippen LogP contribution >= 0.6 is 0 Å². The van der Waals surface area contributed by atoms with Crippen molar-refractivity contribution < 1.29 is 22.7 Å². The van der Waals surface area contributed by atoms with E-state index in [1.807, 2.05) is 0 Å². The number of para-hydroxylation sites is 1. The molecule has 4 N–H and O–H groups in total. The Hall–Kier alpha value is -1.76. The number of amides is 1. The van der Waals surface area contributed by atoms with E-state index in [9.17, 15) is 18.0 Å². The molecule has 7 heteroatoms. The van der Waals surface area contributed by atoms with E-state index in [1.54, 1.807) is 0 Å². The molecule has 0 spiro atoms. The Bertz CT molecular complexity index is 533. The first-order valence-corrected chi connectivity index (χ1v) is 6.64. The van der Waals surface area contributed by atoms with Gasteiger partial charge < -0.3 is 16.2 Å². The molecule has 0 aliphatic heterocycles. The Balaban J connectivity index is 2.18. The van der Waals surface area contributed by atoms with Gasteiger partial charge in [0.05, 0.1) is 11.1 Å². The first kappa shape index (κ1) is 15.6. The number of alkyl halides is 3. The summed E-state index contributed by atoms with van der Waals surface area (Å²) < 4.78 is 44.2. The van der Waals surface area contributed by atoms with E-state index >= 15 is 0 Å². The Labute approximate surface area is 120 Å². The van der Waals surface area contributed by atoms with Crippen molar-refractivity contribution in [3.05, 3.63) is 29.8 Å². The molecule has 1 amide bonds. The summed E-state index contributed by atoms with van der Waals surface area (Å²) in [6, 6.07) is 4.99. The number of hydrogen-bond donors (Lipinski definition) is 2. The third-order valence-electron chi connectivity index (χ3n) is 3.72. The number of halogens is 3. The molecule has 2 unspecified atom stereocenters. The number of primary amides is 1. The second kappa shape index (κ2) is 5.55. The minimum atomic E-state index is -4.49. The van der Waals surface area contributed by atoms with Crippen LogP contribution in [-0.2, 0) is 11.0 Å². The molecule has 1 fully saturated rings. The topological polar surface area (TPSA) is 78.3 Å². The van der Waals surface area contributed by atoms with Gasteiger partial charge in [-0.2, -0.15) is 13.2 Å². The van der Waals surface area contributed by atoms with Crippen LogP contribution in [0.1, 0.15) is 31.2 Å². The second-order valence-electron chi connectivity index (χ2n) is 5.35. The van der Waals surface area contributed by atoms with Gasteiger partial charge in [-0.1, -0.05) is 12.1 Å². The molecular weight excluding hydrogens is 285 g/mol. The van der Waals surface area contributed by atoms with Crippen molar-refractivity contribution in [1.82, 2.24) is 0 Å². The van der Waals surface area contributed by atoms with Gasteiger partial charge in [0.25, 0.3) is 0 Å². The third-order valence-corrected chi connectivity index (χ3v) is 3.72. The summed E-state index contributed by atoms with van der Waals surface area (Å²) in [4.78, 5) is 11.4. The summed E-state index contributed by atoms with van der Waals surface area (Å²) in [5.74, 6) is -0.899. The number of carbonyl (C=O) groups is 1. The number of carbonyl (C=O) groups excluding carboxylic acids is 1. The van der Waals surface area contributed by atoms with Crippen molar-refractivity contribution in [2.75, 3.05) is 0 Å². The molecule has 1 saturated carbocycles. The maximum absolute atomic E-state index is 12.9. The van der Waals surface area contributed by atoms with Crippen LogP contribution in [0.2, 0.25) is 0 Å². The Morgan fingerprint density at radius 3 is 2.62 bits per heavy atom. The van der Waals surface area contributed by atoms with E-state index in [4.69, 9.17) is 16.2 Å². The minimum Gasteiger partial charge on any atom is -0.490 e. The van der Waals surface area contributed by atoms with Crippen molar-refractivity contribution >= 4 is 5.91 Å². The van der Waals surface area contributed by atoms with Gasteiger partial charge >= 0.3 is 6.18 Å². The summed E-state index contributed by atoms with van der Waals surface area (Å²) in [5.41, 5.74) is 9.10. The van der Waals surface area contributed by atoms with E-state index in [-0.39, 0.29) is 12.2 Å². The number of nitrogens with two attached hydrogens (primary N) is 2. The molecular formula is C14H17F3N2O2. The van der Waals surface area contributed by atoms with Crippen LogP contribution in [0.4, 0.5) is 13.2 Å². The van der Waals surface area contributed by atoms with Crippen molar-refractivity contribution in [3.63, 3.8) is 0 Å². The van der Waals surface area contributed by atoms with Gasteiger partial charge in [-0.15, -0.1) is 0 Å². The molecule has 0 heterocycles. The molecule has 116 valence electrons. The summed E-state index contributed by atoms with van der Waals surface area (Å²) in [5, 5.41) is 0. The zero-order chi connectivity index (χ0) is 15.7. The zero-order valence-corrected chi connectivity index (χ0v) is 11.3. The maximum Gasteiger partial charge on any atom is 0.419 e. The average Bonchev–Trinajstić information content (AvgIpc) is 2.38. The Kier molecular flexibility index (Phi) is 4.13. The van der Waals surface area contributed by atoms with Gasteiger partial charge in [0.1, 0.15) is 11.9 Å². The molecule has 1 aliphatic rings. The van der Waals surface area contributed by atoms with Crippen molar-refractivity contribution in [1.29, 1.82) is 0 Å². The monoisotopic (exact) mass is 302 g/mol. The normalized spacial score (nSPS) is 26.4. The highest BCUT2D eigenvalue weighted by atomic mass is 19.4. The molecule has 4 nitrogen and oxygen atoms in total. The van der Waals surface area contributed by atoms with Gasteiger partial charge in [0, 0.05) is 6.42 Å². The Morgan fingerprint density at radius 1 is 1.33 bits per heavy atom. The summed E-state index contributed by atoms with van der Waals surface area (Å²) in [6.45, 7) is 0. The zero-order valence-electron chi connectivity index (χ0n) is 11.3. The lowest BCUT2D eigenvalue weighted by Gasteiger charge is -2.35. The highest BCUT2D eigenvalue weighted by Gasteiger charge is 2.40. The number of hydrogen-bond acceptors (Lipinski definition) is 3. The minimum absolute atomic E-state index is 0.120. The lowest BCUT2D eigenvalue weighted by atomic mass is 9.80. The standard InChI is InChI=1S/C14H17F3N2O2/c15-14(16,17)10-5-1-2-6-11(10)21-9-4-3-7-13(19,8-9)12(18)20/h1-2,5-6,9H,3-4,7-8,19H2,(H2,18,20). The predicted molar refractivity (Wildman–Crippen MR) is 70.4 cm³/mol. The number of rotatable bonds is 3. The summed E-state index contributed by atoms with van der Waals surface area (Å²) in [6.07, 6.45) is -3.39. The van der Waals surface area contributed by atoms with Crippen molar-refractivity contribution in [2.24, 2.45) is 11.5 Å². The SMILES string of the molecule is NC(=O)C1(N)CCCC(Oc2ccccc2C(F)(F)F)C1. The molecule has 1 aliphatic carbocycles. The van der Waals surface area contributed by atoms with Gasteiger partial charge in [-0.3, -0.25) is 4.79 Å². The quantitative estimate of drug-likeness (QED) is 0.898. The first-order valence-electron chi connectivity index (χ1n) is 6.64. The van der Waals surface area contributed by atoms with Crippen molar-refractivity contribution in [2.45, 2.75) is 43.5 Å². The molecule has 0 radical (unpaired) electrons. The van der Waals surface area contributed by atoms with E-state index in [0.29, 0.717) is 19.3 Å². The fraction of sp³-hybridized carbons (Fsp3) is 0.500. The van der Waals surface area contributed by atoms with Gasteiger partial charge in [0.15, 0.2) is 0 Å². The van der Waals surface area contributed by atoms with Crippen LogP contribution in [0.5, 0.6) is 5.75 Å².